The average Bonchev–Trinajstić information content (AvgIpc) is 3.66. The van der Waals surface area contributed by atoms with Gasteiger partial charge in [-0.1, -0.05) is 47.7 Å². The molecule has 3 heterocycles. The van der Waals surface area contributed by atoms with E-state index >= 15 is 0 Å². The first-order valence-electron chi connectivity index (χ1n) is 16.5. The first-order valence-corrected chi connectivity index (χ1v) is 17.4. The van der Waals surface area contributed by atoms with E-state index in [1.807, 2.05) is 80.4 Å². The van der Waals surface area contributed by atoms with Crippen molar-refractivity contribution in [2.24, 2.45) is 0 Å². The summed E-state index contributed by atoms with van der Waals surface area (Å²) in [5.41, 5.74) is 4.28. The number of fused-ring (bicyclic) bond motifs is 1. The van der Waals surface area contributed by atoms with Crippen molar-refractivity contribution in [3.8, 4) is 16.5 Å². The van der Waals surface area contributed by atoms with E-state index in [-0.39, 0.29) is 18.2 Å². The van der Waals surface area contributed by atoms with Crippen molar-refractivity contribution >= 4 is 34.4 Å². The molecule has 0 bridgehead atoms. The Morgan fingerprint density at radius 3 is 2.64 bits per heavy atom. The van der Waals surface area contributed by atoms with Crippen LogP contribution in [0.4, 0.5) is 4.79 Å². The highest BCUT2D eigenvalue weighted by Crippen LogP contribution is 2.31. The van der Waals surface area contributed by atoms with E-state index in [0.717, 1.165) is 59.5 Å². The Balaban J connectivity index is 1.29. The quantitative estimate of drug-likeness (QED) is 0.157. The van der Waals surface area contributed by atoms with Crippen LogP contribution in [0.3, 0.4) is 0 Å². The molecular formula is C36H47N5O5S. The summed E-state index contributed by atoms with van der Waals surface area (Å²) in [6.07, 6.45) is 2.87. The molecular weight excluding hydrogens is 614 g/mol. The van der Waals surface area contributed by atoms with E-state index in [1.165, 1.54) is 11.3 Å². The maximum atomic E-state index is 13.9. The number of nitrogens with one attached hydrogen (secondary N) is 1. The number of nitrogens with zero attached hydrogens (tertiary/aromatic N) is 4. The number of hydrogen-bond acceptors (Lipinski definition) is 8. The predicted molar refractivity (Wildman–Crippen MR) is 185 cm³/mol. The zero-order chi connectivity index (χ0) is 33.4. The molecule has 2 atom stereocenters. The van der Waals surface area contributed by atoms with Crippen molar-refractivity contribution in [1.82, 2.24) is 24.8 Å². The topological polar surface area (TPSA) is 108 Å². The third kappa shape index (κ3) is 9.32. The molecule has 1 fully saturated rings. The minimum Gasteiger partial charge on any atom is -0.470 e. The standard InChI is InChI=1S/C36H47N5O5S/c1-6-45-35-39-30(24-47-35)26-16-14-25(15-17-26)21-28(37-34(43)46-36(2,3)4)22-32(42)40-18-9-11-27(23-40)33-38-29-12-7-8-13-31(29)41(33)19-10-20-44-5/h7-8,12-17,24,27-28H,6,9-11,18-23H2,1-5H3,(H,37,43). The summed E-state index contributed by atoms with van der Waals surface area (Å²) in [6, 6.07) is 15.8. The number of rotatable bonds is 13. The molecule has 5 rings (SSSR count). The Kier molecular flexibility index (Phi) is 11.5. The van der Waals surface area contributed by atoms with Gasteiger partial charge >= 0.3 is 6.09 Å². The second-order valence-corrected chi connectivity index (χ2v) is 13.8. The number of methoxy groups -OCH3 is 1. The molecule has 47 heavy (non-hydrogen) atoms. The van der Waals surface area contributed by atoms with Crippen molar-refractivity contribution in [3.63, 3.8) is 0 Å². The number of thiazole rings is 1. The number of carbonyl (C=O) groups excluding carboxylic acids is 2. The van der Waals surface area contributed by atoms with Gasteiger partial charge in [0.15, 0.2) is 0 Å². The van der Waals surface area contributed by atoms with Gasteiger partial charge in [-0.3, -0.25) is 4.79 Å². The van der Waals surface area contributed by atoms with Crippen LogP contribution in [0.5, 0.6) is 5.19 Å². The van der Waals surface area contributed by atoms with Crippen molar-refractivity contribution in [2.45, 2.75) is 83.9 Å². The van der Waals surface area contributed by atoms with Crippen LogP contribution in [0, 0.1) is 0 Å². The lowest BCUT2D eigenvalue weighted by Crippen LogP contribution is -2.46. The van der Waals surface area contributed by atoms with Gasteiger partial charge in [0.1, 0.15) is 11.4 Å². The molecule has 0 saturated carbocycles. The van der Waals surface area contributed by atoms with Crippen LogP contribution in [0.2, 0.25) is 0 Å². The molecule has 1 saturated heterocycles. The number of para-hydroxylation sites is 2. The summed E-state index contributed by atoms with van der Waals surface area (Å²) in [7, 11) is 1.72. The fourth-order valence-electron chi connectivity index (χ4n) is 6.09. The van der Waals surface area contributed by atoms with E-state index in [0.29, 0.717) is 37.9 Å². The van der Waals surface area contributed by atoms with Gasteiger partial charge in [0, 0.05) is 62.7 Å². The first kappa shape index (κ1) is 34.4. The zero-order valence-electron chi connectivity index (χ0n) is 28.2. The molecule has 10 nitrogen and oxygen atoms in total. The maximum Gasteiger partial charge on any atom is 0.407 e. The average molecular weight is 662 g/mol. The van der Waals surface area contributed by atoms with Crippen LogP contribution in [0.15, 0.2) is 53.9 Å². The third-order valence-corrected chi connectivity index (χ3v) is 8.93. The monoisotopic (exact) mass is 661 g/mol. The molecule has 1 aliphatic rings. The summed E-state index contributed by atoms with van der Waals surface area (Å²) >= 11 is 1.47. The van der Waals surface area contributed by atoms with Crippen molar-refractivity contribution < 1.29 is 23.8 Å². The summed E-state index contributed by atoms with van der Waals surface area (Å²) in [5.74, 6) is 1.17. The van der Waals surface area contributed by atoms with E-state index in [1.54, 1.807) is 7.11 Å². The van der Waals surface area contributed by atoms with Gasteiger partial charge in [0.2, 0.25) is 5.91 Å². The fourth-order valence-corrected chi connectivity index (χ4v) is 6.82. The Hall–Kier alpha value is -3.96. The number of aryl methyl sites for hydroxylation is 1. The van der Waals surface area contributed by atoms with Crippen LogP contribution in [0.25, 0.3) is 22.3 Å². The number of imidazole rings is 1. The number of piperidine rings is 1. The highest BCUT2D eigenvalue weighted by Gasteiger charge is 2.30. The summed E-state index contributed by atoms with van der Waals surface area (Å²) < 4.78 is 18.7. The molecule has 4 aromatic rings. The Bertz CT molecular complexity index is 1630. The first-order chi connectivity index (χ1) is 22.6. The van der Waals surface area contributed by atoms with Gasteiger partial charge in [0.25, 0.3) is 5.19 Å². The van der Waals surface area contributed by atoms with Crippen LogP contribution < -0.4 is 10.1 Å². The molecule has 2 aromatic carbocycles. The summed E-state index contributed by atoms with van der Waals surface area (Å²) in [6.45, 7) is 10.8. The molecule has 0 aliphatic carbocycles. The second-order valence-electron chi connectivity index (χ2n) is 13.0. The normalized spacial score (nSPS) is 15.9. The van der Waals surface area contributed by atoms with Crippen LogP contribution >= 0.6 is 11.3 Å². The van der Waals surface area contributed by atoms with Gasteiger partial charge in [-0.25, -0.2) is 14.8 Å². The molecule has 0 spiro atoms. The van der Waals surface area contributed by atoms with Gasteiger partial charge in [-0.05, 0) is 71.1 Å². The molecule has 0 radical (unpaired) electrons. The van der Waals surface area contributed by atoms with Gasteiger partial charge < -0.3 is 29.0 Å². The number of alkyl carbamates (subject to hydrolysis) is 1. The zero-order valence-corrected chi connectivity index (χ0v) is 29.0. The van der Waals surface area contributed by atoms with Crippen molar-refractivity contribution in [1.29, 1.82) is 0 Å². The van der Waals surface area contributed by atoms with E-state index in [4.69, 9.17) is 19.2 Å². The number of carbonyl (C=O) groups is 2. The van der Waals surface area contributed by atoms with Crippen molar-refractivity contribution in [3.05, 3.63) is 65.3 Å². The Morgan fingerprint density at radius 2 is 1.89 bits per heavy atom. The van der Waals surface area contributed by atoms with Crippen LogP contribution in [-0.2, 0) is 27.2 Å². The number of amides is 2. The number of benzene rings is 2. The number of ether oxygens (including phenoxy) is 3. The largest absolute Gasteiger partial charge is 0.470 e. The Morgan fingerprint density at radius 1 is 1.11 bits per heavy atom. The molecule has 1 N–H and O–H groups in total. The highest BCUT2D eigenvalue weighted by molar-refractivity contribution is 7.11. The highest BCUT2D eigenvalue weighted by atomic mass is 32.1. The van der Waals surface area contributed by atoms with E-state index in [9.17, 15) is 9.59 Å². The molecule has 2 aromatic heterocycles. The number of aromatic nitrogens is 3. The molecule has 2 amide bonds. The molecule has 11 heteroatoms. The van der Waals surface area contributed by atoms with Crippen LogP contribution in [0.1, 0.15) is 70.7 Å². The Labute approximate surface area is 281 Å². The van der Waals surface area contributed by atoms with Gasteiger partial charge in [-0.2, -0.15) is 0 Å². The SMILES string of the molecule is CCOc1nc(-c2ccc(CC(CC(=O)N3CCCC(c4nc5ccccc5n4CCCOC)C3)NC(=O)OC(C)(C)C)cc2)cs1. The lowest BCUT2D eigenvalue weighted by atomic mass is 9.95. The van der Waals surface area contributed by atoms with Crippen LogP contribution in [-0.4, -0.2) is 76.5 Å². The predicted octanol–water partition coefficient (Wildman–Crippen LogP) is 6.83. The number of hydrogen-bond donors (Lipinski definition) is 1. The summed E-state index contributed by atoms with van der Waals surface area (Å²) in [5, 5.41) is 5.62. The fraction of sp³-hybridized carbons (Fsp3) is 0.500. The van der Waals surface area contributed by atoms with Crippen molar-refractivity contribution in [2.75, 3.05) is 33.4 Å². The van der Waals surface area contributed by atoms with E-state index < -0.39 is 17.7 Å². The minimum absolute atomic E-state index is 0.0142. The van der Waals surface area contributed by atoms with Gasteiger partial charge in [0.05, 0.1) is 23.3 Å². The summed E-state index contributed by atoms with van der Waals surface area (Å²) in [4.78, 5) is 38.3. The van der Waals surface area contributed by atoms with Gasteiger partial charge in [-0.15, -0.1) is 0 Å². The smallest absolute Gasteiger partial charge is 0.407 e. The third-order valence-electron chi connectivity index (χ3n) is 8.18. The minimum atomic E-state index is -0.650. The molecule has 1 aliphatic heterocycles. The lowest BCUT2D eigenvalue weighted by molar-refractivity contribution is -0.133. The molecule has 2 unspecified atom stereocenters. The molecule has 252 valence electrons. The van der Waals surface area contributed by atoms with E-state index in [2.05, 4.69) is 20.9 Å². The number of likely N-dealkylation sites (tertiary alicyclic amines) is 1. The maximum absolute atomic E-state index is 13.9. The lowest BCUT2D eigenvalue weighted by Gasteiger charge is -2.34. The second kappa shape index (κ2) is 15.8.